The Bertz CT molecular complexity index is 166. The van der Waals surface area contributed by atoms with Gasteiger partial charge in [0, 0.05) is 6.61 Å². The Morgan fingerprint density at radius 3 is 2.62 bits per heavy atom. The molecule has 1 N–H and O–H groups in total. The smallest absolute Gasteiger partial charge is 0.0459 e. The fourth-order valence-electron chi connectivity index (χ4n) is 2.21. The van der Waals surface area contributed by atoms with Gasteiger partial charge in [0.05, 0.1) is 0 Å². The Balaban J connectivity index is 2.31. The van der Waals surface area contributed by atoms with Crippen LogP contribution >= 0.6 is 0 Å². The third-order valence-corrected chi connectivity index (χ3v) is 2.90. The fourth-order valence-corrected chi connectivity index (χ4v) is 2.21. The molecule has 1 fully saturated rings. The van der Waals surface area contributed by atoms with Gasteiger partial charge in [0.25, 0.3) is 0 Å². The van der Waals surface area contributed by atoms with Crippen LogP contribution in [0.2, 0.25) is 0 Å². The van der Waals surface area contributed by atoms with Crippen LogP contribution < -0.4 is 0 Å². The number of aliphatic hydroxyl groups is 1. The van der Waals surface area contributed by atoms with E-state index < -0.39 is 0 Å². The van der Waals surface area contributed by atoms with Gasteiger partial charge in [-0.25, -0.2) is 0 Å². The zero-order valence-corrected chi connectivity index (χ0v) is 8.92. The Morgan fingerprint density at radius 2 is 2.08 bits per heavy atom. The number of allylic oxidation sites excluding steroid dienone is 2. The van der Waals surface area contributed by atoms with Crippen molar-refractivity contribution in [1.29, 1.82) is 0 Å². The lowest BCUT2D eigenvalue weighted by molar-refractivity contribution is 0.236. The number of hydrogen-bond donors (Lipinski definition) is 1. The molecule has 13 heavy (non-hydrogen) atoms. The van der Waals surface area contributed by atoms with E-state index in [9.17, 15) is 0 Å². The first-order valence-corrected chi connectivity index (χ1v) is 5.50. The van der Waals surface area contributed by atoms with Gasteiger partial charge in [0.15, 0.2) is 0 Å². The highest BCUT2D eigenvalue weighted by atomic mass is 16.3. The first-order valence-electron chi connectivity index (χ1n) is 5.50. The Kier molecular flexibility index (Phi) is 4.51. The second-order valence-electron chi connectivity index (χ2n) is 4.55. The SMILES string of the molecule is C/C(=C\C1CCCC1)CC(C)CO. The van der Waals surface area contributed by atoms with Crippen molar-refractivity contribution in [3.63, 3.8) is 0 Å². The van der Waals surface area contributed by atoms with E-state index in [4.69, 9.17) is 5.11 Å². The Labute approximate surface area is 81.9 Å². The quantitative estimate of drug-likeness (QED) is 0.662. The highest BCUT2D eigenvalue weighted by Crippen LogP contribution is 2.27. The lowest BCUT2D eigenvalue weighted by Crippen LogP contribution is -2.01. The van der Waals surface area contributed by atoms with Crippen LogP contribution in [0.15, 0.2) is 11.6 Å². The summed E-state index contributed by atoms with van der Waals surface area (Å²) in [7, 11) is 0. The summed E-state index contributed by atoms with van der Waals surface area (Å²) in [5, 5.41) is 8.92. The van der Waals surface area contributed by atoms with Crippen molar-refractivity contribution < 1.29 is 5.11 Å². The Hall–Kier alpha value is -0.300. The van der Waals surface area contributed by atoms with E-state index in [1.54, 1.807) is 0 Å². The van der Waals surface area contributed by atoms with Gasteiger partial charge < -0.3 is 5.11 Å². The zero-order valence-electron chi connectivity index (χ0n) is 8.92. The normalized spacial score (nSPS) is 22.2. The molecule has 0 aromatic carbocycles. The van der Waals surface area contributed by atoms with Crippen LogP contribution in [-0.4, -0.2) is 11.7 Å². The minimum atomic E-state index is 0.315. The van der Waals surface area contributed by atoms with E-state index >= 15 is 0 Å². The molecule has 0 spiro atoms. The molecule has 1 unspecified atom stereocenters. The summed E-state index contributed by atoms with van der Waals surface area (Å²) in [5.74, 6) is 1.27. The first-order chi connectivity index (χ1) is 6.22. The molecule has 0 bridgehead atoms. The number of rotatable bonds is 4. The molecule has 0 aromatic heterocycles. The van der Waals surface area contributed by atoms with Crippen LogP contribution in [0.5, 0.6) is 0 Å². The molecule has 76 valence electrons. The predicted octanol–water partition coefficient (Wildman–Crippen LogP) is 3.14. The molecule has 0 amide bonds. The molecule has 0 heterocycles. The third-order valence-electron chi connectivity index (χ3n) is 2.90. The third kappa shape index (κ3) is 3.95. The van der Waals surface area contributed by atoms with Crippen molar-refractivity contribution in [3.8, 4) is 0 Å². The maximum absolute atomic E-state index is 8.92. The van der Waals surface area contributed by atoms with E-state index in [1.807, 2.05) is 0 Å². The lowest BCUT2D eigenvalue weighted by atomic mass is 9.98. The monoisotopic (exact) mass is 182 g/mol. The van der Waals surface area contributed by atoms with E-state index in [1.165, 1.54) is 31.3 Å². The first kappa shape index (κ1) is 10.8. The van der Waals surface area contributed by atoms with Crippen LogP contribution in [0.25, 0.3) is 0 Å². The van der Waals surface area contributed by atoms with Crippen LogP contribution in [0, 0.1) is 11.8 Å². The number of hydrogen-bond acceptors (Lipinski definition) is 1. The molecule has 1 nitrogen and oxygen atoms in total. The fraction of sp³-hybridized carbons (Fsp3) is 0.833. The second kappa shape index (κ2) is 5.43. The molecule has 1 aliphatic carbocycles. The van der Waals surface area contributed by atoms with Crippen molar-refractivity contribution in [2.24, 2.45) is 11.8 Å². The summed E-state index contributed by atoms with van der Waals surface area (Å²) < 4.78 is 0. The lowest BCUT2D eigenvalue weighted by Gasteiger charge is -2.10. The van der Waals surface area contributed by atoms with Gasteiger partial charge in [0.1, 0.15) is 0 Å². The van der Waals surface area contributed by atoms with Gasteiger partial charge in [-0.15, -0.1) is 0 Å². The maximum atomic E-state index is 8.92. The van der Waals surface area contributed by atoms with Crippen molar-refractivity contribution in [2.75, 3.05) is 6.61 Å². The summed E-state index contributed by atoms with van der Waals surface area (Å²) in [4.78, 5) is 0. The van der Waals surface area contributed by atoms with E-state index in [0.29, 0.717) is 12.5 Å². The Morgan fingerprint density at radius 1 is 1.46 bits per heavy atom. The molecule has 1 rings (SSSR count). The standard InChI is InChI=1S/C12H22O/c1-10(7-11(2)9-13)8-12-5-3-4-6-12/h8,11-13H,3-7,9H2,1-2H3/b10-8+. The molecular weight excluding hydrogens is 160 g/mol. The summed E-state index contributed by atoms with van der Waals surface area (Å²) in [6.07, 6.45) is 9.07. The van der Waals surface area contributed by atoms with Crippen molar-refractivity contribution in [2.45, 2.75) is 46.0 Å². The van der Waals surface area contributed by atoms with Crippen molar-refractivity contribution >= 4 is 0 Å². The summed E-state index contributed by atoms with van der Waals surface area (Å²) >= 11 is 0. The van der Waals surface area contributed by atoms with Crippen LogP contribution in [0.4, 0.5) is 0 Å². The van der Waals surface area contributed by atoms with Crippen molar-refractivity contribution in [3.05, 3.63) is 11.6 Å². The molecule has 0 radical (unpaired) electrons. The minimum Gasteiger partial charge on any atom is -0.396 e. The van der Waals surface area contributed by atoms with Crippen LogP contribution in [0.3, 0.4) is 0 Å². The van der Waals surface area contributed by atoms with E-state index in [2.05, 4.69) is 19.9 Å². The summed E-state index contributed by atoms with van der Waals surface area (Å²) in [6.45, 7) is 4.62. The molecule has 0 aromatic rings. The average Bonchev–Trinajstić information content (AvgIpc) is 2.56. The molecule has 1 atom stereocenters. The average molecular weight is 182 g/mol. The molecule has 1 aliphatic rings. The largest absolute Gasteiger partial charge is 0.396 e. The van der Waals surface area contributed by atoms with Gasteiger partial charge in [0.2, 0.25) is 0 Å². The highest BCUT2D eigenvalue weighted by molar-refractivity contribution is 5.03. The summed E-state index contributed by atoms with van der Waals surface area (Å²) in [5.41, 5.74) is 1.47. The van der Waals surface area contributed by atoms with Crippen LogP contribution in [-0.2, 0) is 0 Å². The number of aliphatic hydroxyl groups excluding tert-OH is 1. The molecule has 1 heteroatoms. The topological polar surface area (TPSA) is 20.2 Å². The van der Waals surface area contributed by atoms with Crippen LogP contribution in [0.1, 0.15) is 46.0 Å². The van der Waals surface area contributed by atoms with Crippen molar-refractivity contribution in [1.82, 2.24) is 0 Å². The molecule has 0 aliphatic heterocycles. The molecule has 1 saturated carbocycles. The van der Waals surface area contributed by atoms with Gasteiger partial charge >= 0.3 is 0 Å². The predicted molar refractivity (Wildman–Crippen MR) is 56.6 cm³/mol. The highest BCUT2D eigenvalue weighted by Gasteiger charge is 2.12. The minimum absolute atomic E-state index is 0.315. The molecule has 0 saturated heterocycles. The second-order valence-corrected chi connectivity index (χ2v) is 4.55. The van der Waals surface area contributed by atoms with E-state index in [-0.39, 0.29) is 0 Å². The molecular formula is C12H22O. The van der Waals surface area contributed by atoms with E-state index in [0.717, 1.165) is 12.3 Å². The van der Waals surface area contributed by atoms with Gasteiger partial charge in [-0.1, -0.05) is 31.4 Å². The van der Waals surface area contributed by atoms with Gasteiger partial charge in [-0.3, -0.25) is 0 Å². The maximum Gasteiger partial charge on any atom is 0.0459 e. The summed E-state index contributed by atoms with van der Waals surface area (Å²) in [6, 6.07) is 0. The van der Waals surface area contributed by atoms with Gasteiger partial charge in [-0.2, -0.15) is 0 Å². The zero-order chi connectivity index (χ0) is 9.68. The van der Waals surface area contributed by atoms with Gasteiger partial charge in [-0.05, 0) is 38.0 Å².